The maximum absolute atomic E-state index is 12.6. The van der Waals surface area contributed by atoms with Gasteiger partial charge in [-0.1, -0.05) is 12.2 Å². The molecule has 2 aromatic rings. The minimum absolute atomic E-state index is 0.0416. The molecule has 0 saturated carbocycles. The zero-order chi connectivity index (χ0) is 19.6. The molecule has 2 heterocycles. The van der Waals surface area contributed by atoms with Crippen LogP contribution in [0.1, 0.15) is 16.1 Å². The van der Waals surface area contributed by atoms with Gasteiger partial charge >= 0.3 is 0 Å². The summed E-state index contributed by atoms with van der Waals surface area (Å²) < 4.78 is 5.55. The van der Waals surface area contributed by atoms with Crippen molar-refractivity contribution in [3.8, 4) is 5.75 Å². The highest BCUT2D eigenvalue weighted by molar-refractivity contribution is 8.10. The Hall–Kier alpha value is -2.59. The topological polar surface area (TPSA) is 100 Å². The van der Waals surface area contributed by atoms with Gasteiger partial charge in [0.15, 0.2) is 5.76 Å². The number of rotatable bonds is 4. The van der Waals surface area contributed by atoms with Crippen LogP contribution in [0.25, 0.3) is 0 Å². The molecule has 0 aliphatic carbocycles. The van der Waals surface area contributed by atoms with Crippen LogP contribution >= 0.6 is 24.8 Å². The Bertz CT molecular complexity index is 871. The first kappa shape index (κ1) is 19.2. The fourth-order valence-corrected chi connectivity index (χ4v) is 3.63. The first-order valence-corrected chi connectivity index (χ1v) is 9.01. The molecule has 10 heteroatoms. The van der Waals surface area contributed by atoms with Crippen LogP contribution in [0.3, 0.4) is 0 Å². The molecule has 1 unspecified atom stereocenters. The van der Waals surface area contributed by atoms with E-state index in [1.165, 1.54) is 24.5 Å². The Morgan fingerprint density at radius 1 is 1.41 bits per heavy atom. The average Bonchev–Trinajstić information content (AvgIpc) is 3.17. The van der Waals surface area contributed by atoms with Crippen LogP contribution < -0.4 is 0 Å². The van der Waals surface area contributed by atoms with Crippen molar-refractivity contribution < 1.29 is 19.2 Å². The summed E-state index contributed by atoms with van der Waals surface area (Å²) in [4.78, 5) is 26.6. The van der Waals surface area contributed by atoms with Crippen LogP contribution in [0.5, 0.6) is 5.75 Å². The molecule has 1 aromatic heterocycles. The number of phenolic OH excluding ortho intramolecular Hbond substituents is 1. The molecule has 1 aliphatic rings. The predicted molar refractivity (Wildman–Crippen MR) is 105 cm³/mol. The highest BCUT2D eigenvalue weighted by atomic mass is 32.1. The van der Waals surface area contributed by atoms with E-state index in [1.54, 1.807) is 17.0 Å². The van der Waals surface area contributed by atoms with E-state index in [9.17, 15) is 20.0 Å². The lowest BCUT2D eigenvalue weighted by Crippen LogP contribution is -2.56. The Kier molecular flexibility index (Phi) is 5.66. The number of carbonyl (C=O) groups is 1. The normalized spacial score (nSPS) is 17.0. The molecule has 1 aromatic carbocycles. The number of nitro groups is 1. The van der Waals surface area contributed by atoms with Gasteiger partial charge in [-0.2, -0.15) is 0 Å². The van der Waals surface area contributed by atoms with E-state index >= 15 is 0 Å². The fraction of sp³-hybridized carbons (Fsp3) is 0.294. The number of hydrogen-bond acceptors (Lipinski definition) is 6. The van der Waals surface area contributed by atoms with Crippen LogP contribution in [-0.4, -0.2) is 55.7 Å². The van der Waals surface area contributed by atoms with Gasteiger partial charge in [-0.3, -0.25) is 14.9 Å². The first-order valence-electron chi connectivity index (χ1n) is 8.15. The predicted octanol–water partition coefficient (Wildman–Crippen LogP) is 2.48. The van der Waals surface area contributed by atoms with Gasteiger partial charge < -0.3 is 19.3 Å². The van der Waals surface area contributed by atoms with E-state index < -0.39 is 4.92 Å². The molecular weight excluding hydrogens is 390 g/mol. The summed E-state index contributed by atoms with van der Waals surface area (Å²) in [5.41, 5.74) is 0.304. The van der Waals surface area contributed by atoms with Crippen molar-refractivity contribution in [1.82, 2.24) is 9.80 Å². The fourth-order valence-electron chi connectivity index (χ4n) is 3.13. The van der Waals surface area contributed by atoms with Crippen molar-refractivity contribution in [1.29, 1.82) is 0 Å². The Morgan fingerprint density at radius 2 is 2.19 bits per heavy atom. The number of hydrogen-bond donors (Lipinski definition) is 2. The van der Waals surface area contributed by atoms with Crippen molar-refractivity contribution in [2.24, 2.45) is 0 Å². The summed E-state index contributed by atoms with van der Waals surface area (Å²) in [6.07, 6.45) is 1.71. The minimum Gasteiger partial charge on any atom is -0.508 e. The van der Waals surface area contributed by atoms with Crippen molar-refractivity contribution in [2.45, 2.75) is 12.5 Å². The number of thiocarbonyl (C=S) groups is 1. The van der Waals surface area contributed by atoms with E-state index in [-0.39, 0.29) is 35.6 Å². The molecule has 8 nitrogen and oxygen atoms in total. The molecule has 1 amide bonds. The van der Waals surface area contributed by atoms with E-state index in [0.29, 0.717) is 29.5 Å². The summed E-state index contributed by atoms with van der Waals surface area (Å²) >= 11 is 9.44. The lowest BCUT2D eigenvalue weighted by Gasteiger charge is -2.41. The first-order chi connectivity index (χ1) is 12.9. The Morgan fingerprint density at radius 3 is 2.81 bits per heavy atom. The quantitative estimate of drug-likeness (QED) is 0.348. The summed E-state index contributed by atoms with van der Waals surface area (Å²) in [6, 6.07) is 6.83. The molecule has 0 spiro atoms. The van der Waals surface area contributed by atoms with Crippen LogP contribution in [0, 0.1) is 10.1 Å². The number of benzene rings is 1. The van der Waals surface area contributed by atoms with Crippen molar-refractivity contribution in [2.75, 3.05) is 19.6 Å². The van der Waals surface area contributed by atoms with Crippen LogP contribution in [0.15, 0.2) is 41.0 Å². The van der Waals surface area contributed by atoms with Crippen molar-refractivity contribution in [3.05, 3.63) is 58.0 Å². The van der Waals surface area contributed by atoms with Crippen LogP contribution in [0.4, 0.5) is 5.69 Å². The molecule has 1 atom stereocenters. The zero-order valence-electron chi connectivity index (χ0n) is 14.1. The third-order valence-corrected chi connectivity index (χ3v) is 4.97. The maximum Gasteiger partial charge on any atom is 0.289 e. The number of amides is 1. The molecule has 0 radical (unpaired) electrons. The lowest BCUT2D eigenvalue weighted by atomic mass is 10.0. The van der Waals surface area contributed by atoms with Crippen LogP contribution in [0.2, 0.25) is 0 Å². The van der Waals surface area contributed by atoms with Crippen molar-refractivity contribution >= 4 is 40.8 Å². The average molecular weight is 407 g/mol. The van der Waals surface area contributed by atoms with Gasteiger partial charge in [-0.25, -0.2) is 0 Å². The van der Waals surface area contributed by atoms with E-state index in [4.69, 9.17) is 16.6 Å². The van der Waals surface area contributed by atoms with Crippen LogP contribution in [-0.2, 0) is 6.42 Å². The van der Waals surface area contributed by atoms with Gasteiger partial charge in [0.2, 0.25) is 0 Å². The minimum atomic E-state index is -0.516. The second-order valence-corrected chi connectivity index (χ2v) is 7.25. The number of nitrogens with zero attached hydrogens (tertiary/aromatic N) is 3. The third-order valence-electron chi connectivity index (χ3n) is 4.48. The number of aromatic hydroxyl groups is 1. The van der Waals surface area contributed by atoms with Gasteiger partial charge in [0.1, 0.15) is 10.1 Å². The molecule has 142 valence electrons. The highest BCUT2D eigenvalue weighted by Crippen LogP contribution is 2.27. The molecular formula is C17H17N3O5S2. The van der Waals surface area contributed by atoms with Gasteiger partial charge in [0, 0.05) is 37.3 Å². The van der Waals surface area contributed by atoms with Gasteiger partial charge in [0.25, 0.3) is 11.6 Å². The van der Waals surface area contributed by atoms with Gasteiger partial charge in [-0.15, -0.1) is 12.6 Å². The number of furan rings is 1. The highest BCUT2D eigenvalue weighted by Gasteiger charge is 2.32. The Balaban J connectivity index is 1.83. The third kappa shape index (κ3) is 4.22. The smallest absolute Gasteiger partial charge is 0.289 e. The standard InChI is InChI=1S/C17H17N3O5S2/c21-14-4-3-12(20(23)24)8-11(14)9-13-10-18(5-6-19(13)17(26)27)16(22)15-2-1-7-25-15/h1-4,7-8,13,21H,5-6,9-10H2,(H,26,27). The largest absolute Gasteiger partial charge is 0.508 e. The molecule has 1 aliphatic heterocycles. The number of non-ortho nitro benzene ring substituents is 1. The Labute approximate surface area is 165 Å². The number of thiol groups is 1. The second kappa shape index (κ2) is 7.97. The molecule has 3 rings (SSSR count). The molecule has 1 saturated heterocycles. The summed E-state index contributed by atoms with van der Waals surface area (Å²) in [6.45, 7) is 1.23. The summed E-state index contributed by atoms with van der Waals surface area (Å²) in [5, 5.41) is 21.1. The van der Waals surface area contributed by atoms with E-state index in [1.807, 2.05) is 4.90 Å². The molecule has 1 fully saturated rings. The number of piperazine rings is 1. The summed E-state index contributed by atoms with van der Waals surface area (Å²) in [7, 11) is 0. The SMILES string of the molecule is O=C(c1ccco1)N1CCN(C(=S)S)C(Cc2cc([N+](=O)[O-])ccc2O)C1. The van der Waals surface area contributed by atoms with Gasteiger partial charge in [-0.05, 0) is 24.6 Å². The molecule has 1 N–H and O–H groups in total. The van der Waals surface area contributed by atoms with E-state index in [2.05, 4.69) is 12.6 Å². The molecule has 0 bridgehead atoms. The maximum atomic E-state index is 12.6. The number of carbonyl (C=O) groups excluding carboxylic acids is 1. The number of nitro benzene ring substituents is 1. The monoisotopic (exact) mass is 407 g/mol. The lowest BCUT2D eigenvalue weighted by molar-refractivity contribution is -0.384. The molecule has 27 heavy (non-hydrogen) atoms. The van der Waals surface area contributed by atoms with Gasteiger partial charge in [0.05, 0.1) is 17.2 Å². The number of phenols is 1. The van der Waals surface area contributed by atoms with Crippen molar-refractivity contribution in [3.63, 3.8) is 0 Å². The van der Waals surface area contributed by atoms with E-state index in [0.717, 1.165) is 0 Å². The second-order valence-electron chi connectivity index (χ2n) is 6.13. The zero-order valence-corrected chi connectivity index (χ0v) is 15.9. The summed E-state index contributed by atoms with van der Waals surface area (Å²) in [5.74, 6) is -0.0352.